The Hall–Kier alpha value is -4.90. The van der Waals surface area contributed by atoms with E-state index in [-0.39, 0.29) is 44.0 Å². The number of fused-ring (bicyclic) bond motifs is 1. The zero-order valence-corrected chi connectivity index (χ0v) is 45.7. The summed E-state index contributed by atoms with van der Waals surface area (Å²) in [7, 11) is -0.295. The molecule has 5 aromatic rings. The first-order valence-electron chi connectivity index (χ1n) is 27.3. The van der Waals surface area contributed by atoms with E-state index in [1.165, 1.54) is 57.8 Å². The highest BCUT2D eigenvalue weighted by molar-refractivity contribution is 7.89. The molecule has 2 heterocycles. The Labute approximate surface area is 446 Å². The molecule has 5 aromatic carbocycles. The molecule has 0 radical (unpaired) electrons. The molecule has 406 valence electrons. The van der Waals surface area contributed by atoms with E-state index < -0.39 is 58.7 Å². The molecule has 15 heteroatoms. The Morgan fingerprint density at radius 2 is 1.15 bits per heavy atom. The van der Waals surface area contributed by atoms with Crippen LogP contribution < -0.4 is 9.62 Å². The average Bonchev–Trinajstić information content (AvgIpc) is 3.74. The van der Waals surface area contributed by atoms with Crippen LogP contribution in [-0.4, -0.2) is 90.4 Å². The molecule has 2 aliphatic rings. The molecule has 0 unspecified atom stereocenters. The van der Waals surface area contributed by atoms with Gasteiger partial charge in [0.25, 0.3) is 0 Å². The molecule has 0 saturated carbocycles. The fraction of sp³-hybridized carbons (Fsp3) is 0.533. The number of unbranched alkanes of at least 4 members (excludes halogenated alkanes) is 11. The van der Waals surface area contributed by atoms with Gasteiger partial charge in [-0.2, -0.15) is 0 Å². The van der Waals surface area contributed by atoms with Gasteiger partial charge in [-0.25, -0.2) is 13.1 Å². The molecule has 0 bridgehead atoms. The van der Waals surface area contributed by atoms with Crippen molar-refractivity contribution in [1.82, 2.24) is 4.72 Å². The standard InChI is InChI=1S/C60H81N5O9S/c1-6-7-8-9-10-11-12-13-14-15-16-26-38-52-55(74-60(2,3)73-52)50(63-64-61)44-71-59-58(70-43-47-33-24-19-25-34-47)57(69-42-46-31-22-18-23-32-46)56(68-41-45-29-20-17-21-30-45)53(72-59)40-62-75(66,67)54-39-28-35-48-49(54)36-27-37-51(48)65(4)5/h17-25,27-37,39,50,52-53,55-59,62H,6-16,26,38,40-44H2,1-5H3/t50-,52+,53+,55-,56-,57-,58+,59-/m0/s1. The number of hydrogen-bond acceptors (Lipinski definition) is 11. The number of anilines is 1. The van der Waals surface area contributed by atoms with Crippen LogP contribution >= 0.6 is 0 Å². The van der Waals surface area contributed by atoms with Gasteiger partial charge >= 0.3 is 0 Å². The van der Waals surface area contributed by atoms with E-state index >= 15 is 0 Å². The second-order valence-electron chi connectivity index (χ2n) is 20.6. The third-order valence-electron chi connectivity index (χ3n) is 14.1. The van der Waals surface area contributed by atoms with Crippen molar-refractivity contribution in [3.05, 3.63) is 155 Å². The Balaban J connectivity index is 1.15. The molecular weight excluding hydrogens is 967 g/mol. The zero-order valence-electron chi connectivity index (χ0n) is 44.8. The second-order valence-corrected chi connectivity index (χ2v) is 22.4. The summed E-state index contributed by atoms with van der Waals surface area (Å²) in [5.74, 6) is -0.918. The maximum Gasteiger partial charge on any atom is 0.241 e. The summed E-state index contributed by atoms with van der Waals surface area (Å²) in [6.45, 7) is 6.21. The van der Waals surface area contributed by atoms with Crippen LogP contribution in [0.15, 0.2) is 137 Å². The van der Waals surface area contributed by atoms with Gasteiger partial charge in [0.2, 0.25) is 10.0 Å². The molecule has 7 rings (SSSR count). The number of rotatable bonds is 32. The Morgan fingerprint density at radius 1 is 0.627 bits per heavy atom. The Bertz CT molecular complexity index is 2610. The maximum absolute atomic E-state index is 14.6. The lowest BCUT2D eigenvalue weighted by atomic mass is 9.97. The van der Waals surface area contributed by atoms with Crippen molar-refractivity contribution in [3.63, 3.8) is 0 Å². The third kappa shape index (κ3) is 17.3. The number of benzene rings is 5. The van der Waals surface area contributed by atoms with E-state index in [4.69, 9.17) is 33.2 Å². The molecular formula is C60H81N5O9S. The van der Waals surface area contributed by atoms with Crippen molar-refractivity contribution >= 4 is 26.5 Å². The van der Waals surface area contributed by atoms with Crippen molar-refractivity contribution in [2.75, 3.05) is 32.1 Å². The van der Waals surface area contributed by atoms with Crippen molar-refractivity contribution in [3.8, 4) is 0 Å². The number of azide groups is 1. The topological polar surface area (TPSA) is 163 Å². The molecule has 1 N–H and O–H groups in total. The minimum atomic E-state index is -4.15. The van der Waals surface area contributed by atoms with Crippen LogP contribution in [0.1, 0.15) is 121 Å². The highest BCUT2D eigenvalue weighted by atomic mass is 32.2. The first-order valence-corrected chi connectivity index (χ1v) is 28.8. The van der Waals surface area contributed by atoms with Crippen LogP contribution in [0.4, 0.5) is 5.69 Å². The van der Waals surface area contributed by atoms with Gasteiger partial charge < -0.3 is 38.1 Å². The lowest BCUT2D eigenvalue weighted by Gasteiger charge is -2.46. The van der Waals surface area contributed by atoms with Crippen LogP contribution in [-0.2, 0) is 63.0 Å². The smallest absolute Gasteiger partial charge is 0.241 e. The minimum Gasteiger partial charge on any atom is -0.377 e. The monoisotopic (exact) mass is 1050 g/mol. The molecule has 8 atom stereocenters. The van der Waals surface area contributed by atoms with E-state index in [1.54, 1.807) is 12.1 Å². The predicted octanol–water partition coefficient (Wildman–Crippen LogP) is 13.0. The van der Waals surface area contributed by atoms with Crippen LogP contribution in [0.2, 0.25) is 0 Å². The summed E-state index contributed by atoms with van der Waals surface area (Å²) in [4.78, 5) is 5.37. The van der Waals surface area contributed by atoms with Crippen LogP contribution in [0.25, 0.3) is 21.2 Å². The van der Waals surface area contributed by atoms with Gasteiger partial charge in [0.15, 0.2) is 12.1 Å². The third-order valence-corrected chi connectivity index (χ3v) is 15.6. The fourth-order valence-electron chi connectivity index (χ4n) is 10.3. The number of nitrogens with one attached hydrogen (secondary N) is 1. The van der Waals surface area contributed by atoms with Crippen LogP contribution in [0, 0.1) is 0 Å². The van der Waals surface area contributed by atoms with E-state index in [2.05, 4.69) is 21.7 Å². The van der Waals surface area contributed by atoms with Gasteiger partial charge in [-0.15, -0.1) is 0 Å². The second kappa shape index (κ2) is 29.6. The molecule has 2 fully saturated rings. The molecule has 0 amide bonds. The molecule has 0 spiro atoms. The van der Waals surface area contributed by atoms with Crippen molar-refractivity contribution in [2.45, 2.75) is 184 Å². The van der Waals surface area contributed by atoms with E-state index in [9.17, 15) is 13.9 Å². The zero-order chi connectivity index (χ0) is 52.9. The van der Waals surface area contributed by atoms with Gasteiger partial charge in [0, 0.05) is 42.0 Å². The van der Waals surface area contributed by atoms with Crippen LogP contribution in [0.3, 0.4) is 0 Å². The Kier molecular flexibility index (Phi) is 22.8. The predicted molar refractivity (Wildman–Crippen MR) is 296 cm³/mol. The summed E-state index contributed by atoms with van der Waals surface area (Å²) in [6, 6.07) is 39.4. The summed E-state index contributed by atoms with van der Waals surface area (Å²) < 4.78 is 79.5. The van der Waals surface area contributed by atoms with Crippen molar-refractivity contribution in [1.29, 1.82) is 0 Å². The summed E-state index contributed by atoms with van der Waals surface area (Å²) in [5.41, 5.74) is 13.7. The summed E-state index contributed by atoms with van der Waals surface area (Å²) in [6.07, 6.45) is 9.86. The first-order chi connectivity index (χ1) is 36.5. The first kappa shape index (κ1) is 57.8. The van der Waals surface area contributed by atoms with Gasteiger partial charge in [-0.3, -0.25) is 0 Å². The van der Waals surface area contributed by atoms with E-state index in [0.29, 0.717) is 5.39 Å². The van der Waals surface area contributed by atoms with E-state index in [0.717, 1.165) is 53.4 Å². The van der Waals surface area contributed by atoms with Gasteiger partial charge in [-0.05, 0) is 54.6 Å². The van der Waals surface area contributed by atoms with Crippen LogP contribution in [0.5, 0.6) is 0 Å². The van der Waals surface area contributed by atoms with Gasteiger partial charge in [-0.1, -0.05) is 204 Å². The van der Waals surface area contributed by atoms with Gasteiger partial charge in [0.1, 0.15) is 24.4 Å². The highest BCUT2D eigenvalue weighted by Crippen LogP contribution is 2.37. The lowest BCUT2D eigenvalue weighted by Crippen LogP contribution is -2.63. The van der Waals surface area contributed by atoms with Gasteiger partial charge in [0.05, 0.1) is 49.6 Å². The number of hydrogen-bond donors (Lipinski definition) is 1. The Morgan fingerprint density at radius 3 is 1.71 bits per heavy atom. The van der Waals surface area contributed by atoms with E-state index in [1.807, 2.05) is 148 Å². The number of ether oxygens (including phenoxy) is 7. The normalized spacial score (nSPS) is 22.0. The number of nitrogens with zero attached hydrogens (tertiary/aromatic N) is 4. The lowest BCUT2D eigenvalue weighted by molar-refractivity contribution is -0.322. The molecule has 0 aromatic heterocycles. The maximum atomic E-state index is 14.6. The quantitative estimate of drug-likeness (QED) is 0.0190. The largest absolute Gasteiger partial charge is 0.377 e. The molecule has 75 heavy (non-hydrogen) atoms. The van der Waals surface area contributed by atoms with Crippen molar-refractivity contribution in [2.24, 2.45) is 5.11 Å². The molecule has 14 nitrogen and oxygen atoms in total. The number of sulfonamides is 1. The minimum absolute atomic E-state index is 0.122. The van der Waals surface area contributed by atoms with Crippen molar-refractivity contribution < 1.29 is 41.6 Å². The molecule has 2 aliphatic heterocycles. The highest BCUT2D eigenvalue weighted by Gasteiger charge is 2.51. The SMILES string of the molecule is CCCCCCCCCCCCCC[C@H]1OC(C)(C)O[C@H]1[C@H](CO[C@H]1O[C@H](CNS(=O)(=O)c2cccc3c(N(C)C)cccc23)[C@H](OCc2ccccc2)[C@H](OCc2ccccc2)[C@H]1OCc1ccccc1)N=[N+]=[N-]. The summed E-state index contributed by atoms with van der Waals surface area (Å²) in [5, 5.41) is 5.66. The molecule has 0 aliphatic carbocycles. The molecule has 2 saturated heterocycles. The fourth-order valence-corrected chi connectivity index (χ4v) is 11.5. The average molecular weight is 1050 g/mol. The summed E-state index contributed by atoms with van der Waals surface area (Å²) >= 11 is 0.